The molecule has 0 radical (unpaired) electrons. The quantitative estimate of drug-likeness (QED) is 0.825. The van der Waals surface area contributed by atoms with Crippen LogP contribution in [0.4, 0.5) is 0 Å². The van der Waals surface area contributed by atoms with Crippen molar-refractivity contribution >= 4 is 12.2 Å². The molecule has 0 unspecified atom stereocenters. The molecule has 2 aromatic rings. The largest absolute Gasteiger partial charge is 0.507 e. The Morgan fingerprint density at radius 2 is 1.72 bits per heavy atom. The molecule has 0 heterocycles. The molecule has 0 aliphatic heterocycles. The van der Waals surface area contributed by atoms with Gasteiger partial charge in [0.25, 0.3) is 0 Å². The standard InChI is InChI=1S/C16H16O2/c1-12-7-10-15(17)14(11-12)9-8-13-5-3-4-6-16(13)18-2/h3-11,17H,1-2H3/b9-8+. The third kappa shape index (κ3) is 2.72. The highest BCUT2D eigenvalue weighted by Gasteiger charge is 1.99. The molecule has 2 heteroatoms. The Morgan fingerprint density at radius 3 is 2.50 bits per heavy atom. The van der Waals surface area contributed by atoms with Crippen LogP contribution in [0.2, 0.25) is 0 Å². The van der Waals surface area contributed by atoms with Crippen LogP contribution in [-0.2, 0) is 0 Å². The van der Waals surface area contributed by atoms with Crippen molar-refractivity contribution in [2.75, 3.05) is 7.11 Å². The Hall–Kier alpha value is -2.22. The minimum absolute atomic E-state index is 0.284. The lowest BCUT2D eigenvalue weighted by Gasteiger charge is -2.04. The molecule has 0 spiro atoms. The van der Waals surface area contributed by atoms with Crippen molar-refractivity contribution in [3.8, 4) is 11.5 Å². The van der Waals surface area contributed by atoms with Gasteiger partial charge in [0, 0.05) is 11.1 Å². The number of hydrogen-bond acceptors (Lipinski definition) is 2. The van der Waals surface area contributed by atoms with Gasteiger partial charge in [-0.25, -0.2) is 0 Å². The smallest absolute Gasteiger partial charge is 0.126 e. The fraction of sp³-hybridized carbons (Fsp3) is 0.125. The van der Waals surface area contributed by atoms with Crippen molar-refractivity contribution < 1.29 is 9.84 Å². The minimum atomic E-state index is 0.284. The van der Waals surface area contributed by atoms with Gasteiger partial charge in [-0.3, -0.25) is 0 Å². The van der Waals surface area contributed by atoms with E-state index in [2.05, 4.69) is 0 Å². The van der Waals surface area contributed by atoms with E-state index in [0.29, 0.717) is 0 Å². The second-order valence-corrected chi connectivity index (χ2v) is 4.14. The summed E-state index contributed by atoms with van der Waals surface area (Å²) in [7, 11) is 1.65. The van der Waals surface area contributed by atoms with Gasteiger partial charge in [-0.05, 0) is 25.1 Å². The zero-order valence-electron chi connectivity index (χ0n) is 10.6. The lowest BCUT2D eigenvalue weighted by molar-refractivity contribution is 0.414. The number of aryl methyl sites for hydroxylation is 1. The highest BCUT2D eigenvalue weighted by Crippen LogP contribution is 2.23. The monoisotopic (exact) mass is 240 g/mol. The van der Waals surface area contributed by atoms with Crippen LogP contribution in [0.15, 0.2) is 42.5 Å². The van der Waals surface area contributed by atoms with E-state index < -0.39 is 0 Å². The minimum Gasteiger partial charge on any atom is -0.507 e. The number of phenolic OH excluding ortho intramolecular Hbond substituents is 1. The summed E-state index contributed by atoms with van der Waals surface area (Å²) in [5.74, 6) is 1.10. The van der Waals surface area contributed by atoms with Gasteiger partial charge < -0.3 is 9.84 Å². The molecule has 2 rings (SSSR count). The topological polar surface area (TPSA) is 29.5 Å². The molecule has 0 atom stereocenters. The first-order valence-corrected chi connectivity index (χ1v) is 5.81. The van der Waals surface area contributed by atoms with E-state index in [4.69, 9.17) is 4.74 Å². The van der Waals surface area contributed by atoms with Crippen LogP contribution in [0.25, 0.3) is 12.2 Å². The SMILES string of the molecule is COc1ccccc1/C=C/c1cc(C)ccc1O. The summed E-state index contributed by atoms with van der Waals surface area (Å²) >= 11 is 0. The Kier molecular flexibility index (Phi) is 3.68. The molecular formula is C16H16O2. The van der Waals surface area contributed by atoms with Gasteiger partial charge in [-0.2, -0.15) is 0 Å². The van der Waals surface area contributed by atoms with Crippen LogP contribution < -0.4 is 4.74 Å². The van der Waals surface area contributed by atoms with Crippen LogP contribution in [0.1, 0.15) is 16.7 Å². The Morgan fingerprint density at radius 1 is 1.00 bits per heavy atom. The maximum Gasteiger partial charge on any atom is 0.126 e. The van der Waals surface area contributed by atoms with Crippen LogP contribution >= 0.6 is 0 Å². The van der Waals surface area contributed by atoms with Crippen molar-refractivity contribution in [1.29, 1.82) is 0 Å². The maximum atomic E-state index is 9.76. The Bertz CT molecular complexity index is 571. The van der Waals surface area contributed by atoms with Crippen molar-refractivity contribution in [2.45, 2.75) is 6.92 Å². The highest BCUT2D eigenvalue weighted by molar-refractivity contribution is 5.75. The van der Waals surface area contributed by atoms with Gasteiger partial charge in [0.15, 0.2) is 0 Å². The zero-order valence-corrected chi connectivity index (χ0v) is 10.6. The zero-order chi connectivity index (χ0) is 13.0. The van der Waals surface area contributed by atoms with Gasteiger partial charge in [-0.15, -0.1) is 0 Å². The highest BCUT2D eigenvalue weighted by atomic mass is 16.5. The van der Waals surface area contributed by atoms with E-state index in [1.807, 2.05) is 55.5 Å². The molecular weight excluding hydrogens is 224 g/mol. The van der Waals surface area contributed by atoms with Crippen molar-refractivity contribution in [3.63, 3.8) is 0 Å². The number of rotatable bonds is 3. The van der Waals surface area contributed by atoms with Gasteiger partial charge >= 0.3 is 0 Å². The summed E-state index contributed by atoms with van der Waals surface area (Å²) in [4.78, 5) is 0. The first-order valence-electron chi connectivity index (χ1n) is 5.81. The van der Waals surface area contributed by atoms with Crippen molar-refractivity contribution in [2.24, 2.45) is 0 Å². The lowest BCUT2D eigenvalue weighted by Crippen LogP contribution is -1.85. The van der Waals surface area contributed by atoms with Gasteiger partial charge in [0.05, 0.1) is 7.11 Å². The number of hydrogen-bond donors (Lipinski definition) is 1. The molecule has 0 aromatic heterocycles. The van der Waals surface area contributed by atoms with E-state index in [-0.39, 0.29) is 5.75 Å². The fourth-order valence-electron chi connectivity index (χ4n) is 1.79. The summed E-state index contributed by atoms with van der Waals surface area (Å²) in [6.07, 6.45) is 3.83. The number of aromatic hydroxyl groups is 1. The Labute approximate surface area is 107 Å². The van der Waals surface area contributed by atoms with Crippen molar-refractivity contribution in [3.05, 3.63) is 59.2 Å². The third-order valence-electron chi connectivity index (χ3n) is 2.76. The maximum absolute atomic E-state index is 9.76. The van der Waals surface area contributed by atoms with Crippen LogP contribution in [0, 0.1) is 6.92 Å². The van der Waals surface area contributed by atoms with Crippen LogP contribution in [0.3, 0.4) is 0 Å². The summed E-state index contributed by atoms with van der Waals surface area (Å²) in [5.41, 5.74) is 2.91. The van der Waals surface area contributed by atoms with E-state index in [9.17, 15) is 5.11 Å². The van der Waals surface area contributed by atoms with Crippen LogP contribution in [0.5, 0.6) is 11.5 Å². The van der Waals surface area contributed by atoms with Gasteiger partial charge in [0.1, 0.15) is 11.5 Å². The molecule has 0 saturated carbocycles. The molecule has 0 amide bonds. The summed E-state index contributed by atoms with van der Waals surface area (Å²) in [6.45, 7) is 2.00. The number of para-hydroxylation sites is 1. The number of ether oxygens (including phenoxy) is 1. The molecule has 92 valence electrons. The van der Waals surface area contributed by atoms with Gasteiger partial charge in [0.2, 0.25) is 0 Å². The predicted octanol–water partition coefficient (Wildman–Crippen LogP) is 3.88. The summed E-state index contributed by atoms with van der Waals surface area (Å²) < 4.78 is 5.27. The van der Waals surface area contributed by atoms with Crippen molar-refractivity contribution in [1.82, 2.24) is 0 Å². The Balaban J connectivity index is 2.33. The third-order valence-corrected chi connectivity index (χ3v) is 2.76. The fourth-order valence-corrected chi connectivity index (χ4v) is 1.79. The normalized spacial score (nSPS) is 10.8. The van der Waals surface area contributed by atoms with E-state index in [0.717, 1.165) is 22.4 Å². The molecule has 2 nitrogen and oxygen atoms in total. The first-order chi connectivity index (χ1) is 8.70. The van der Waals surface area contributed by atoms with Gasteiger partial charge in [-0.1, -0.05) is 42.0 Å². The second-order valence-electron chi connectivity index (χ2n) is 4.14. The number of benzene rings is 2. The van der Waals surface area contributed by atoms with E-state index in [1.54, 1.807) is 13.2 Å². The second kappa shape index (κ2) is 5.41. The molecule has 18 heavy (non-hydrogen) atoms. The average molecular weight is 240 g/mol. The molecule has 0 saturated heterocycles. The molecule has 0 bridgehead atoms. The van der Waals surface area contributed by atoms with E-state index in [1.165, 1.54) is 0 Å². The molecule has 0 aliphatic rings. The van der Waals surface area contributed by atoms with Crippen LogP contribution in [-0.4, -0.2) is 12.2 Å². The molecule has 2 aromatic carbocycles. The lowest BCUT2D eigenvalue weighted by atomic mass is 10.1. The van der Waals surface area contributed by atoms with E-state index >= 15 is 0 Å². The molecule has 0 fully saturated rings. The summed E-state index contributed by atoms with van der Waals surface area (Å²) in [5, 5.41) is 9.76. The molecule has 1 N–H and O–H groups in total. The number of phenols is 1. The number of methoxy groups -OCH3 is 1. The average Bonchev–Trinajstić information content (AvgIpc) is 2.40. The summed E-state index contributed by atoms with van der Waals surface area (Å²) in [6, 6.07) is 13.3. The predicted molar refractivity (Wildman–Crippen MR) is 74.8 cm³/mol. The first kappa shape index (κ1) is 12.2. The molecule has 0 aliphatic carbocycles.